The van der Waals surface area contributed by atoms with Crippen LogP contribution in [0.5, 0.6) is 0 Å². The number of hydrogen-bond acceptors (Lipinski definition) is 5. The molecule has 0 bridgehead atoms. The Morgan fingerprint density at radius 2 is 2.41 bits per heavy atom. The molecule has 4 nitrogen and oxygen atoms in total. The maximum atomic E-state index is 11.9. The van der Waals surface area contributed by atoms with Gasteiger partial charge >= 0.3 is 0 Å². The molecule has 0 aliphatic rings. The predicted octanol–water partition coefficient (Wildman–Crippen LogP) is 2.85. The van der Waals surface area contributed by atoms with Crippen molar-refractivity contribution < 1.29 is 4.79 Å². The van der Waals surface area contributed by atoms with Gasteiger partial charge in [0.15, 0.2) is 0 Å². The van der Waals surface area contributed by atoms with E-state index < -0.39 is 0 Å². The molecule has 1 amide bonds. The minimum atomic E-state index is -0.0999. The molecule has 0 fully saturated rings. The second-order valence-electron chi connectivity index (χ2n) is 3.28. The SMILES string of the molecule is CCc1nnsc1C(=O)NCc1sccc1Br. The van der Waals surface area contributed by atoms with Crippen molar-refractivity contribution in [2.24, 2.45) is 0 Å². The summed E-state index contributed by atoms with van der Waals surface area (Å²) >= 11 is 6.18. The zero-order valence-corrected chi connectivity index (χ0v) is 12.3. The highest BCUT2D eigenvalue weighted by Gasteiger charge is 2.15. The van der Waals surface area contributed by atoms with Crippen molar-refractivity contribution in [2.75, 3.05) is 0 Å². The van der Waals surface area contributed by atoms with E-state index in [0.717, 1.165) is 33.0 Å². The highest BCUT2D eigenvalue weighted by Crippen LogP contribution is 2.22. The first kappa shape index (κ1) is 12.7. The Morgan fingerprint density at radius 3 is 3.06 bits per heavy atom. The van der Waals surface area contributed by atoms with E-state index in [9.17, 15) is 4.79 Å². The van der Waals surface area contributed by atoms with Gasteiger partial charge in [-0.15, -0.1) is 16.4 Å². The molecule has 0 atom stereocenters. The summed E-state index contributed by atoms with van der Waals surface area (Å²) in [5, 5.41) is 8.78. The molecule has 0 aromatic carbocycles. The van der Waals surface area contributed by atoms with Crippen LogP contribution in [0, 0.1) is 0 Å². The fraction of sp³-hybridized carbons (Fsp3) is 0.300. The maximum Gasteiger partial charge on any atom is 0.265 e. The van der Waals surface area contributed by atoms with Gasteiger partial charge in [-0.25, -0.2) is 0 Å². The van der Waals surface area contributed by atoms with Crippen molar-refractivity contribution in [1.29, 1.82) is 0 Å². The molecule has 0 spiro atoms. The summed E-state index contributed by atoms with van der Waals surface area (Å²) in [6, 6.07) is 1.97. The quantitative estimate of drug-likeness (QED) is 0.937. The normalized spacial score (nSPS) is 10.5. The van der Waals surface area contributed by atoms with Gasteiger partial charge in [0.05, 0.1) is 12.2 Å². The van der Waals surface area contributed by atoms with Crippen LogP contribution in [0.3, 0.4) is 0 Å². The largest absolute Gasteiger partial charge is 0.346 e. The van der Waals surface area contributed by atoms with E-state index in [1.54, 1.807) is 11.3 Å². The molecular weight excluding hydrogens is 322 g/mol. The van der Waals surface area contributed by atoms with Gasteiger partial charge in [-0.3, -0.25) is 4.79 Å². The Kier molecular flexibility index (Phi) is 4.25. The van der Waals surface area contributed by atoms with Gasteiger partial charge in [0.1, 0.15) is 4.88 Å². The monoisotopic (exact) mass is 331 g/mol. The lowest BCUT2D eigenvalue weighted by Gasteiger charge is -2.02. The third-order valence-electron chi connectivity index (χ3n) is 2.20. The smallest absolute Gasteiger partial charge is 0.265 e. The number of aromatic nitrogens is 2. The summed E-state index contributed by atoms with van der Waals surface area (Å²) in [6.07, 6.45) is 0.724. The van der Waals surface area contributed by atoms with Crippen LogP contribution in [0.1, 0.15) is 27.2 Å². The number of rotatable bonds is 4. The number of aryl methyl sites for hydroxylation is 1. The Bertz CT molecular complexity index is 523. The topological polar surface area (TPSA) is 54.9 Å². The summed E-state index contributed by atoms with van der Waals surface area (Å²) < 4.78 is 4.83. The number of amides is 1. The lowest BCUT2D eigenvalue weighted by atomic mass is 10.3. The van der Waals surface area contributed by atoms with Crippen LogP contribution in [0.15, 0.2) is 15.9 Å². The number of nitrogens with zero attached hydrogens (tertiary/aromatic N) is 2. The molecular formula is C10H10BrN3OS2. The molecule has 0 aliphatic heterocycles. The van der Waals surface area contributed by atoms with Crippen molar-refractivity contribution in [3.05, 3.63) is 31.4 Å². The summed E-state index contributed by atoms with van der Waals surface area (Å²) in [5.41, 5.74) is 0.762. The third kappa shape index (κ3) is 2.91. The van der Waals surface area contributed by atoms with Crippen molar-refractivity contribution in [1.82, 2.24) is 14.9 Å². The predicted molar refractivity (Wildman–Crippen MR) is 72.5 cm³/mol. The zero-order chi connectivity index (χ0) is 12.3. The fourth-order valence-electron chi connectivity index (χ4n) is 1.30. The molecule has 2 aromatic rings. The Labute approximate surface area is 115 Å². The van der Waals surface area contributed by atoms with Gasteiger partial charge < -0.3 is 5.32 Å². The molecule has 2 aromatic heterocycles. The molecule has 2 heterocycles. The highest BCUT2D eigenvalue weighted by molar-refractivity contribution is 9.10. The summed E-state index contributed by atoms with van der Waals surface area (Å²) in [5.74, 6) is -0.0999. The molecule has 7 heteroatoms. The second kappa shape index (κ2) is 5.70. The van der Waals surface area contributed by atoms with E-state index in [-0.39, 0.29) is 5.91 Å². The van der Waals surface area contributed by atoms with Crippen molar-refractivity contribution in [2.45, 2.75) is 19.9 Å². The lowest BCUT2D eigenvalue weighted by molar-refractivity contribution is 0.0954. The molecule has 2 rings (SSSR count). The van der Waals surface area contributed by atoms with Crippen molar-refractivity contribution >= 4 is 44.7 Å². The standard InChI is InChI=1S/C10H10BrN3OS2/c1-2-7-9(17-14-13-7)10(15)12-5-8-6(11)3-4-16-8/h3-4H,2,5H2,1H3,(H,12,15). The number of nitrogens with one attached hydrogen (secondary N) is 1. The molecule has 0 radical (unpaired) electrons. The van der Waals surface area contributed by atoms with Crippen LogP contribution in [0.2, 0.25) is 0 Å². The van der Waals surface area contributed by atoms with Crippen LogP contribution < -0.4 is 5.32 Å². The average molecular weight is 332 g/mol. The average Bonchev–Trinajstić information content (AvgIpc) is 2.94. The van der Waals surface area contributed by atoms with E-state index in [0.29, 0.717) is 11.4 Å². The minimum absolute atomic E-state index is 0.0999. The van der Waals surface area contributed by atoms with E-state index in [2.05, 4.69) is 30.8 Å². The molecule has 0 saturated carbocycles. The number of halogens is 1. The van der Waals surface area contributed by atoms with Gasteiger partial charge in [0.25, 0.3) is 5.91 Å². The van der Waals surface area contributed by atoms with Crippen LogP contribution in [-0.4, -0.2) is 15.5 Å². The summed E-state index contributed by atoms with van der Waals surface area (Å²) in [4.78, 5) is 13.6. The van der Waals surface area contributed by atoms with Gasteiger partial charge in [-0.05, 0) is 45.3 Å². The van der Waals surface area contributed by atoms with Crippen molar-refractivity contribution in [3.8, 4) is 0 Å². The molecule has 0 unspecified atom stereocenters. The van der Waals surface area contributed by atoms with E-state index in [4.69, 9.17) is 0 Å². The molecule has 90 valence electrons. The minimum Gasteiger partial charge on any atom is -0.346 e. The number of hydrogen-bond donors (Lipinski definition) is 1. The first-order valence-corrected chi connectivity index (χ1v) is 7.48. The molecule has 0 saturated heterocycles. The summed E-state index contributed by atoms with van der Waals surface area (Å²) in [7, 11) is 0. The zero-order valence-electron chi connectivity index (χ0n) is 9.07. The lowest BCUT2D eigenvalue weighted by Crippen LogP contribution is -2.22. The number of carbonyl (C=O) groups excluding carboxylic acids is 1. The first-order chi connectivity index (χ1) is 8.22. The third-order valence-corrected chi connectivity index (χ3v) is 4.89. The second-order valence-corrected chi connectivity index (χ2v) is 5.89. The number of carbonyl (C=O) groups is 1. The van der Waals surface area contributed by atoms with Crippen LogP contribution >= 0.6 is 38.8 Å². The van der Waals surface area contributed by atoms with Gasteiger partial charge in [-0.1, -0.05) is 11.4 Å². The van der Waals surface area contributed by atoms with Crippen LogP contribution in [0.25, 0.3) is 0 Å². The van der Waals surface area contributed by atoms with Gasteiger partial charge in [-0.2, -0.15) is 0 Å². The van der Waals surface area contributed by atoms with E-state index in [1.165, 1.54) is 0 Å². The fourth-order valence-corrected chi connectivity index (χ4v) is 3.40. The Hall–Kier alpha value is -0.790. The summed E-state index contributed by atoms with van der Waals surface area (Å²) in [6.45, 7) is 2.49. The van der Waals surface area contributed by atoms with Gasteiger partial charge in [0, 0.05) is 9.35 Å². The van der Waals surface area contributed by atoms with Crippen molar-refractivity contribution in [3.63, 3.8) is 0 Å². The van der Waals surface area contributed by atoms with Crippen LogP contribution in [0.4, 0.5) is 0 Å². The Balaban J connectivity index is 2.01. The molecule has 1 N–H and O–H groups in total. The van der Waals surface area contributed by atoms with E-state index >= 15 is 0 Å². The molecule has 0 aliphatic carbocycles. The number of thiophene rings is 1. The van der Waals surface area contributed by atoms with Crippen LogP contribution in [-0.2, 0) is 13.0 Å². The van der Waals surface area contributed by atoms with Gasteiger partial charge in [0.2, 0.25) is 0 Å². The highest BCUT2D eigenvalue weighted by atomic mass is 79.9. The Morgan fingerprint density at radius 1 is 1.59 bits per heavy atom. The maximum absolute atomic E-state index is 11.9. The first-order valence-electron chi connectivity index (χ1n) is 5.03. The molecule has 17 heavy (non-hydrogen) atoms. The van der Waals surface area contributed by atoms with E-state index in [1.807, 2.05) is 18.4 Å².